The molecule has 9 nitrogen and oxygen atoms in total. The second-order valence-electron chi connectivity index (χ2n) is 11.7. The van der Waals surface area contributed by atoms with Crippen LogP contribution in [0.25, 0.3) is 22.0 Å². The Morgan fingerprint density at radius 1 is 1.02 bits per heavy atom. The Hall–Kier alpha value is -3.72. The molecule has 0 bridgehead atoms. The van der Waals surface area contributed by atoms with Crippen LogP contribution in [0, 0.1) is 5.92 Å². The number of rotatable bonds is 7. The largest absolute Gasteiger partial charge is 0.343 e. The van der Waals surface area contributed by atoms with E-state index in [4.69, 9.17) is 0 Å². The van der Waals surface area contributed by atoms with Crippen molar-refractivity contribution in [1.29, 1.82) is 0 Å². The van der Waals surface area contributed by atoms with Gasteiger partial charge in [0, 0.05) is 55.7 Å². The van der Waals surface area contributed by atoms with Gasteiger partial charge < -0.3 is 20.4 Å². The molecule has 3 heterocycles. The summed E-state index contributed by atoms with van der Waals surface area (Å²) >= 11 is 0. The zero-order valence-corrected chi connectivity index (χ0v) is 24.6. The van der Waals surface area contributed by atoms with E-state index in [2.05, 4.69) is 21.7 Å². The second-order valence-corrected chi connectivity index (χ2v) is 11.7. The number of benzene rings is 1. The first kappa shape index (κ1) is 28.8. The van der Waals surface area contributed by atoms with Gasteiger partial charge in [-0.05, 0) is 63.3 Å². The summed E-state index contributed by atoms with van der Waals surface area (Å²) in [4.78, 5) is 48.1. The molecule has 1 saturated heterocycles. The first-order valence-electron chi connectivity index (χ1n) is 14.8. The summed E-state index contributed by atoms with van der Waals surface area (Å²) in [7, 11) is 5.24. The zero-order chi connectivity index (χ0) is 29.1. The number of hydrogen-bond donors (Lipinski definition) is 2. The molecule has 1 aliphatic carbocycles. The highest BCUT2D eigenvalue weighted by molar-refractivity contribution is 6.01. The number of carbonyl (C=O) groups is 3. The summed E-state index contributed by atoms with van der Waals surface area (Å²) < 4.78 is 1.67. The van der Waals surface area contributed by atoms with Crippen LogP contribution < -0.4 is 10.6 Å². The number of likely N-dealkylation sites (tertiary alicyclic amines) is 1. The molecule has 3 atom stereocenters. The van der Waals surface area contributed by atoms with E-state index < -0.39 is 6.04 Å². The third kappa shape index (κ3) is 5.86. The van der Waals surface area contributed by atoms with E-state index in [1.807, 2.05) is 54.7 Å². The lowest BCUT2D eigenvalue weighted by Crippen LogP contribution is -2.55. The van der Waals surface area contributed by atoms with Gasteiger partial charge >= 0.3 is 6.03 Å². The monoisotopic (exact) mass is 558 g/mol. The van der Waals surface area contributed by atoms with Crippen LogP contribution >= 0.6 is 0 Å². The summed E-state index contributed by atoms with van der Waals surface area (Å²) in [5.74, 6) is 0.0180. The molecule has 1 saturated carbocycles. The maximum atomic E-state index is 14.2. The minimum Gasteiger partial charge on any atom is -0.343 e. The molecule has 41 heavy (non-hydrogen) atoms. The van der Waals surface area contributed by atoms with Crippen molar-refractivity contribution in [3.63, 3.8) is 0 Å². The number of hydrogen-bond acceptors (Lipinski definition) is 5. The molecule has 0 spiro atoms. The standard InChI is InChI=1S/C32H42N6O3/c1-21(33-2)30(39)35-29(22-11-6-5-7-12-22)31(40)37-16-10-15-27(37)24-17-23(18-34-19-24)26-20-38(32(41)36(3)4)28-14-9-8-13-25(26)28/h8-9,13-14,17-22,27,29,33H,5-7,10-12,15-16H2,1-4H3,(H,35,39)/t21-,27-,29-/m0/s1. The van der Waals surface area contributed by atoms with Gasteiger partial charge in [-0.15, -0.1) is 0 Å². The van der Waals surface area contributed by atoms with Gasteiger partial charge in [0.25, 0.3) is 0 Å². The SMILES string of the molecule is CN[C@@H](C)C(=O)N[C@H](C(=O)N1CCC[C@H]1c1cncc(-c2cn(C(=O)N(C)C)c3ccccc23)c1)C1CCCCC1. The third-order valence-electron chi connectivity index (χ3n) is 8.80. The molecule has 3 amide bonds. The van der Waals surface area contributed by atoms with Crippen LogP contribution in [0.15, 0.2) is 48.9 Å². The number of likely N-dealkylation sites (N-methyl/N-ethyl adjacent to an activating group) is 1. The van der Waals surface area contributed by atoms with Gasteiger partial charge in [0.05, 0.1) is 17.6 Å². The van der Waals surface area contributed by atoms with Gasteiger partial charge in [-0.2, -0.15) is 0 Å². The van der Waals surface area contributed by atoms with Crippen LogP contribution in [-0.4, -0.2) is 77.0 Å². The topological polar surface area (TPSA) is 99.6 Å². The molecular formula is C32H42N6O3. The molecule has 1 aromatic carbocycles. The van der Waals surface area contributed by atoms with Crippen LogP contribution in [0.4, 0.5) is 4.79 Å². The lowest BCUT2D eigenvalue weighted by molar-refractivity contribution is -0.139. The molecule has 2 aliphatic rings. The first-order chi connectivity index (χ1) is 19.8. The number of nitrogens with one attached hydrogen (secondary N) is 2. The Balaban J connectivity index is 1.46. The Kier molecular flexibility index (Phi) is 8.73. The number of para-hydroxylation sites is 1. The second kappa shape index (κ2) is 12.4. The number of carbonyl (C=O) groups excluding carboxylic acids is 3. The zero-order valence-electron chi connectivity index (χ0n) is 24.6. The van der Waals surface area contributed by atoms with E-state index in [0.717, 1.165) is 66.1 Å². The van der Waals surface area contributed by atoms with Gasteiger partial charge in [0.2, 0.25) is 11.8 Å². The van der Waals surface area contributed by atoms with Crippen molar-refractivity contribution in [3.8, 4) is 11.1 Å². The third-order valence-corrected chi connectivity index (χ3v) is 8.80. The summed E-state index contributed by atoms with van der Waals surface area (Å²) in [5, 5.41) is 7.09. The maximum Gasteiger partial charge on any atom is 0.328 e. The van der Waals surface area contributed by atoms with Crippen LogP contribution in [0.5, 0.6) is 0 Å². The molecule has 2 N–H and O–H groups in total. The molecule has 5 rings (SSSR count). The van der Waals surface area contributed by atoms with E-state index in [0.29, 0.717) is 6.54 Å². The average molecular weight is 559 g/mol. The van der Waals surface area contributed by atoms with Crippen molar-refractivity contribution in [1.82, 2.24) is 30.0 Å². The quantitative estimate of drug-likeness (QED) is 0.443. The first-order valence-corrected chi connectivity index (χ1v) is 14.8. The van der Waals surface area contributed by atoms with E-state index in [9.17, 15) is 14.4 Å². The molecule has 0 unspecified atom stereocenters. The normalized spacial score (nSPS) is 19.2. The number of nitrogens with zero attached hydrogens (tertiary/aromatic N) is 4. The van der Waals surface area contributed by atoms with Crippen molar-refractivity contribution < 1.29 is 14.4 Å². The number of amides is 3. The molecule has 2 aromatic heterocycles. The Labute approximate surface area is 242 Å². The fraction of sp³-hybridized carbons (Fsp3) is 0.500. The molecule has 2 fully saturated rings. The summed E-state index contributed by atoms with van der Waals surface area (Å²) in [5.41, 5.74) is 3.64. The Morgan fingerprint density at radius 3 is 2.51 bits per heavy atom. The molecule has 9 heteroatoms. The predicted molar refractivity (Wildman–Crippen MR) is 160 cm³/mol. The van der Waals surface area contributed by atoms with Gasteiger partial charge in [0.1, 0.15) is 6.04 Å². The lowest BCUT2D eigenvalue weighted by atomic mass is 9.83. The number of fused-ring (bicyclic) bond motifs is 1. The number of pyridine rings is 1. The van der Waals surface area contributed by atoms with Crippen LogP contribution in [0.1, 0.15) is 63.5 Å². The maximum absolute atomic E-state index is 14.2. The van der Waals surface area contributed by atoms with Gasteiger partial charge in [0.15, 0.2) is 0 Å². The highest BCUT2D eigenvalue weighted by Crippen LogP contribution is 2.37. The molecule has 218 valence electrons. The fourth-order valence-corrected chi connectivity index (χ4v) is 6.38. The average Bonchev–Trinajstić information content (AvgIpc) is 3.65. The number of aromatic nitrogens is 2. The highest BCUT2D eigenvalue weighted by Gasteiger charge is 2.39. The van der Waals surface area contributed by atoms with Crippen LogP contribution in [0.3, 0.4) is 0 Å². The highest BCUT2D eigenvalue weighted by atomic mass is 16.2. The predicted octanol–water partition coefficient (Wildman–Crippen LogP) is 4.57. The van der Waals surface area contributed by atoms with Crippen molar-refractivity contribution >= 4 is 28.7 Å². The van der Waals surface area contributed by atoms with Crippen LogP contribution in [-0.2, 0) is 9.59 Å². The molecule has 0 radical (unpaired) electrons. The van der Waals surface area contributed by atoms with Crippen LogP contribution in [0.2, 0.25) is 0 Å². The van der Waals surface area contributed by atoms with Crippen molar-refractivity contribution in [2.75, 3.05) is 27.7 Å². The van der Waals surface area contributed by atoms with Gasteiger partial charge in [-0.3, -0.25) is 19.1 Å². The Bertz CT molecular complexity index is 1410. The summed E-state index contributed by atoms with van der Waals surface area (Å²) in [6, 6.07) is 8.85. The Morgan fingerprint density at radius 2 is 1.78 bits per heavy atom. The van der Waals surface area contributed by atoms with Gasteiger partial charge in [-0.25, -0.2) is 4.79 Å². The lowest BCUT2D eigenvalue weighted by Gasteiger charge is -2.35. The molecule has 3 aromatic rings. The van der Waals surface area contributed by atoms with Crippen molar-refractivity contribution in [2.45, 2.75) is 70.0 Å². The van der Waals surface area contributed by atoms with E-state index >= 15 is 0 Å². The minimum absolute atomic E-state index is 0.00892. The van der Waals surface area contributed by atoms with Crippen molar-refractivity contribution in [3.05, 3.63) is 54.5 Å². The van der Waals surface area contributed by atoms with E-state index in [1.165, 1.54) is 6.42 Å². The minimum atomic E-state index is -0.523. The fourth-order valence-electron chi connectivity index (χ4n) is 6.38. The van der Waals surface area contributed by atoms with E-state index in [1.54, 1.807) is 30.6 Å². The summed E-state index contributed by atoms with van der Waals surface area (Å²) in [6.07, 6.45) is 12.6. The smallest absolute Gasteiger partial charge is 0.328 e. The van der Waals surface area contributed by atoms with Crippen molar-refractivity contribution in [2.24, 2.45) is 5.92 Å². The molecular weight excluding hydrogens is 516 g/mol. The molecule has 1 aliphatic heterocycles. The van der Waals surface area contributed by atoms with Gasteiger partial charge in [-0.1, -0.05) is 37.5 Å². The van der Waals surface area contributed by atoms with E-state index in [-0.39, 0.29) is 35.8 Å². The summed E-state index contributed by atoms with van der Waals surface area (Å²) in [6.45, 7) is 2.47.